The molecular formula is C16H16F2N2S. The molecule has 0 aliphatic carbocycles. The number of hydrogen-bond donors (Lipinski definition) is 1. The number of rotatable bonds is 3. The lowest BCUT2D eigenvalue weighted by molar-refractivity contribution is 0.508. The molecule has 2 aromatic carbocycles. The molecular weight excluding hydrogens is 290 g/mol. The molecule has 0 atom stereocenters. The lowest BCUT2D eigenvalue weighted by Crippen LogP contribution is -2.17. The summed E-state index contributed by atoms with van der Waals surface area (Å²) in [7, 11) is 1.69. The van der Waals surface area contributed by atoms with Crippen LogP contribution in [0.2, 0.25) is 0 Å². The maximum atomic E-state index is 14.2. The Labute approximate surface area is 128 Å². The third-order valence-corrected chi connectivity index (χ3v) is 3.62. The quantitative estimate of drug-likeness (QED) is 0.870. The first-order valence-corrected chi connectivity index (χ1v) is 6.82. The molecule has 0 saturated heterocycles. The summed E-state index contributed by atoms with van der Waals surface area (Å²) in [5.41, 5.74) is 8.33. The second kappa shape index (κ2) is 5.77. The largest absolute Gasteiger partial charge is 0.389 e. The summed E-state index contributed by atoms with van der Waals surface area (Å²) in [6, 6.07) is 8.67. The van der Waals surface area contributed by atoms with Gasteiger partial charge in [0.25, 0.3) is 0 Å². The van der Waals surface area contributed by atoms with Gasteiger partial charge in [0.05, 0.1) is 5.69 Å². The van der Waals surface area contributed by atoms with Gasteiger partial charge < -0.3 is 10.6 Å². The summed E-state index contributed by atoms with van der Waals surface area (Å²) < 4.78 is 28.2. The van der Waals surface area contributed by atoms with Gasteiger partial charge in [-0.05, 0) is 37.6 Å². The Balaban J connectivity index is 2.51. The Morgan fingerprint density at radius 1 is 1.05 bits per heavy atom. The monoisotopic (exact) mass is 306 g/mol. The fraction of sp³-hybridized carbons (Fsp3) is 0.188. The summed E-state index contributed by atoms with van der Waals surface area (Å²) >= 11 is 4.70. The maximum absolute atomic E-state index is 14.2. The van der Waals surface area contributed by atoms with Gasteiger partial charge in [-0.15, -0.1) is 0 Å². The van der Waals surface area contributed by atoms with Gasteiger partial charge in [-0.2, -0.15) is 0 Å². The zero-order valence-electron chi connectivity index (χ0n) is 12.1. The third-order valence-electron chi connectivity index (χ3n) is 3.40. The standard InChI is InChI=1S/C16H16F2N2S/c1-9-4-6-12(10(2)8-9)20(3)13-7-5-11(16(19)21)14(17)15(13)18/h4-8H,1-3H3,(H2,19,21). The van der Waals surface area contributed by atoms with Crippen molar-refractivity contribution in [3.8, 4) is 0 Å². The zero-order valence-corrected chi connectivity index (χ0v) is 12.9. The summed E-state index contributed by atoms with van der Waals surface area (Å²) in [4.78, 5) is 1.45. The molecule has 0 bridgehead atoms. The van der Waals surface area contributed by atoms with Crippen molar-refractivity contribution >= 4 is 28.6 Å². The molecule has 2 aromatic rings. The minimum atomic E-state index is -1.02. The van der Waals surface area contributed by atoms with Gasteiger partial charge in [0.2, 0.25) is 0 Å². The highest BCUT2D eigenvalue weighted by Gasteiger charge is 2.18. The molecule has 0 heterocycles. The van der Waals surface area contributed by atoms with Crippen LogP contribution in [0.1, 0.15) is 16.7 Å². The third kappa shape index (κ3) is 2.88. The van der Waals surface area contributed by atoms with Gasteiger partial charge in [0.15, 0.2) is 11.6 Å². The van der Waals surface area contributed by atoms with Crippen molar-refractivity contribution in [2.45, 2.75) is 13.8 Å². The Morgan fingerprint density at radius 3 is 2.24 bits per heavy atom. The molecule has 0 radical (unpaired) electrons. The van der Waals surface area contributed by atoms with Gasteiger partial charge in [-0.3, -0.25) is 0 Å². The summed E-state index contributed by atoms with van der Waals surface area (Å²) in [5, 5.41) is 0. The number of nitrogens with zero attached hydrogens (tertiary/aromatic N) is 1. The molecule has 0 saturated carbocycles. The van der Waals surface area contributed by atoms with Crippen LogP contribution in [0, 0.1) is 25.5 Å². The van der Waals surface area contributed by atoms with Crippen molar-refractivity contribution in [3.05, 3.63) is 58.7 Å². The van der Waals surface area contributed by atoms with Gasteiger partial charge >= 0.3 is 0 Å². The molecule has 21 heavy (non-hydrogen) atoms. The van der Waals surface area contributed by atoms with E-state index in [1.807, 2.05) is 32.0 Å². The van der Waals surface area contributed by atoms with E-state index in [1.165, 1.54) is 12.1 Å². The summed E-state index contributed by atoms with van der Waals surface area (Å²) in [5.74, 6) is -1.97. The van der Waals surface area contributed by atoms with Gasteiger partial charge in [-0.25, -0.2) is 8.78 Å². The zero-order chi connectivity index (χ0) is 15.7. The van der Waals surface area contributed by atoms with E-state index >= 15 is 0 Å². The van der Waals surface area contributed by atoms with Crippen molar-refractivity contribution in [2.75, 3.05) is 11.9 Å². The van der Waals surface area contributed by atoms with Crippen molar-refractivity contribution < 1.29 is 8.78 Å². The van der Waals surface area contributed by atoms with Crippen LogP contribution in [-0.2, 0) is 0 Å². The molecule has 0 unspecified atom stereocenters. The number of benzene rings is 2. The smallest absolute Gasteiger partial charge is 0.183 e. The van der Waals surface area contributed by atoms with Crippen molar-refractivity contribution in [1.82, 2.24) is 0 Å². The maximum Gasteiger partial charge on any atom is 0.183 e. The van der Waals surface area contributed by atoms with E-state index in [4.69, 9.17) is 18.0 Å². The molecule has 0 spiro atoms. The molecule has 0 amide bonds. The molecule has 2 nitrogen and oxygen atoms in total. The minimum absolute atomic E-state index is 0.0831. The van der Waals surface area contributed by atoms with Gasteiger partial charge in [0, 0.05) is 18.3 Å². The number of thiocarbonyl (C=S) groups is 1. The van der Waals surface area contributed by atoms with Crippen molar-refractivity contribution in [2.24, 2.45) is 5.73 Å². The van der Waals surface area contributed by atoms with Crippen LogP contribution in [0.5, 0.6) is 0 Å². The minimum Gasteiger partial charge on any atom is -0.389 e. The van der Waals surface area contributed by atoms with E-state index in [1.54, 1.807) is 11.9 Å². The number of halogens is 2. The van der Waals surface area contributed by atoms with Crippen LogP contribution in [0.3, 0.4) is 0 Å². The van der Waals surface area contributed by atoms with E-state index < -0.39 is 11.6 Å². The Kier molecular flexibility index (Phi) is 4.23. The highest BCUT2D eigenvalue weighted by molar-refractivity contribution is 7.80. The first-order chi connectivity index (χ1) is 9.82. The average molecular weight is 306 g/mol. The normalized spacial score (nSPS) is 10.5. The highest BCUT2D eigenvalue weighted by Crippen LogP contribution is 2.31. The molecule has 110 valence electrons. The fourth-order valence-corrected chi connectivity index (χ4v) is 2.46. The van der Waals surface area contributed by atoms with Crippen LogP contribution in [0.25, 0.3) is 0 Å². The summed E-state index contributed by atoms with van der Waals surface area (Å²) in [6.45, 7) is 3.91. The lowest BCUT2D eigenvalue weighted by atomic mass is 10.1. The Hall–Kier alpha value is -2.01. The lowest BCUT2D eigenvalue weighted by Gasteiger charge is -2.23. The average Bonchev–Trinajstić information content (AvgIpc) is 2.40. The number of aryl methyl sites for hydroxylation is 2. The van der Waals surface area contributed by atoms with Crippen molar-refractivity contribution in [1.29, 1.82) is 0 Å². The molecule has 2 rings (SSSR count). The van der Waals surface area contributed by atoms with E-state index in [2.05, 4.69) is 0 Å². The van der Waals surface area contributed by atoms with Crippen LogP contribution >= 0.6 is 12.2 Å². The Bertz CT molecular complexity index is 714. The molecule has 0 aliphatic rings. The number of anilines is 2. The first-order valence-electron chi connectivity index (χ1n) is 6.41. The summed E-state index contributed by atoms with van der Waals surface area (Å²) in [6.07, 6.45) is 0. The topological polar surface area (TPSA) is 29.3 Å². The number of hydrogen-bond acceptors (Lipinski definition) is 2. The van der Waals surface area contributed by atoms with Crippen LogP contribution in [0.4, 0.5) is 20.2 Å². The fourth-order valence-electron chi connectivity index (χ4n) is 2.30. The van der Waals surface area contributed by atoms with E-state index in [0.717, 1.165) is 16.8 Å². The molecule has 0 aliphatic heterocycles. The molecule has 0 aromatic heterocycles. The second-order valence-corrected chi connectivity index (χ2v) is 5.41. The van der Waals surface area contributed by atoms with Gasteiger partial charge in [0.1, 0.15) is 4.99 Å². The van der Waals surface area contributed by atoms with Gasteiger partial charge in [-0.1, -0.05) is 29.9 Å². The highest BCUT2D eigenvalue weighted by atomic mass is 32.1. The molecule has 0 fully saturated rings. The van der Waals surface area contributed by atoms with Crippen molar-refractivity contribution in [3.63, 3.8) is 0 Å². The molecule has 2 N–H and O–H groups in total. The predicted octanol–water partition coefficient (Wildman–Crippen LogP) is 3.98. The van der Waals surface area contributed by atoms with Crippen LogP contribution in [0.15, 0.2) is 30.3 Å². The number of nitrogens with two attached hydrogens (primary N) is 1. The first kappa shape index (κ1) is 15.4. The second-order valence-electron chi connectivity index (χ2n) is 4.97. The van der Waals surface area contributed by atoms with Crippen LogP contribution in [-0.4, -0.2) is 12.0 Å². The van der Waals surface area contributed by atoms with E-state index in [0.29, 0.717) is 0 Å². The predicted molar refractivity (Wildman–Crippen MR) is 86.2 cm³/mol. The van der Waals surface area contributed by atoms with E-state index in [-0.39, 0.29) is 16.2 Å². The van der Waals surface area contributed by atoms with Crippen LogP contribution < -0.4 is 10.6 Å². The van der Waals surface area contributed by atoms with E-state index in [9.17, 15) is 8.78 Å². The SMILES string of the molecule is Cc1ccc(N(C)c2ccc(C(N)=S)c(F)c2F)c(C)c1. The molecule has 5 heteroatoms. The Morgan fingerprint density at radius 2 is 1.67 bits per heavy atom.